The van der Waals surface area contributed by atoms with Crippen LogP contribution in [0.25, 0.3) is 16.9 Å². The summed E-state index contributed by atoms with van der Waals surface area (Å²) in [7, 11) is 6.83. The lowest BCUT2D eigenvalue weighted by molar-refractivity contribution is -0.153. The number of Topliss-reactive ketones (excluding diaryl/α,β-unsaturated/α-hetero) is 2. The van der Waals surface area contributed by atoms with Crippen LogP contribution in [0.2, 0.25) is 0 Å². The first kappa shape index (κ1) is 28.5. The number of amides is 1. The minimum atomic E-state index is -2.72. The zero-order valence-electron chi connectivity index (χ0n) is 23.1. The van der Waals surface area contributed by atoms with Gasteiger partial charge in [0, 0.05) is 23.6 Å². The molecule has 0 radical (unpaired) electrons. The molecule has 1 fully saturated rings. The summed E-state index contributed by atoms with van der Waals surface area (Å²) in [5.41, 5.74) is 3.32. The van der Waals surface area contributed by atoms with Crippen LogP contribution in [0, 0.1) is 17.7 Å². The molecule has 41 heavy (non-hydrogen) atoms. The van der Waals surface area contributed by atoms with Crippen molar-refractivity contribution < 1.29 is 39.2 Å². The summed E-state index contributed by atoms with van der Waals surface area (Å²) in [5.74, 6) is -7.81. The van der Waals surface area contributed by atoms with Crippen LogP contribution in [0.1, 0.15) is 23.1 Å². The summed E-state index contributed by atoms with van der Waals surface area (Å²) in [6, 6.07) is 6.37. The van der Waals surface area contributed by atoms with Gasteiger partial charge in [-0.25, -0.2) is 4.39 Å². The lowest BCUT2D eigenvalue weighted by Crippen LogP contribution is -2.65. The number of benzene rings is 2. The molecule has 3 aliphatic rings. The molecule has 0 saturated heterocycles. The van der Waals surface area contributed by atoms with Gasteiger partial charge in [0.15, 0.2) is 11.4 Å². The number of aliphatic hydroxyl groups excluding tert-OH is 2. The van der Waals surface area contributed by atoms with Gasteiger partial charge in [0.1, 0.15) is 28.7 Å². The Morgan fingerprint density at radius 3 is 2.37 bits per heavy atom. The van der Waals surface area contributed by atoms with Gasteiger partial charge in [0.25, 0.3) is 5.91 Å². The summed E-state index contributed by atoms with van der Waals surface area (Å²) in [4.78, 5) is 42.7. The van der Waals surface area contributed by atoms with Gasteiger partial charge in [-0.3, -0.25) is 19.3 Å². The number of hydrogen-bond donors (Lipinski definition) is 5. The Labute approximate surface area is 235 Å². The number of rotatable bonds is 5. The molecule has 3 aliphatic carbocycles. The maximum atomic E-state index is 15.2. The van der Waals surface area contributed by atoms with E-state index in [0.29, 0.717) is 17.7 Å². The number of ketones is 2. The van der Waals surface area contributed by atoms with E-state index in [1.54, 1.807) is 18.2 Å². The van der Waals surface area contributed by atoms with E-state index in [1.807, 2.05) is 19.0 Å². The lowest BCUT2D eigenvalue weighted by atomic mass is 9.57. The predicted molar refractivity (Wildman–Crippen MR) is 147 cm³/mol. The molecule has 5 rings (SSSR count). The summed E-state index contributed by atoms with van der Waals surface area (Å²) in [6.07, 6.45) is 0.0135. The van der Waals surface area contributed by atoms with Gasteiger partial charge in [-0.2, -0.15) is 0 Å². The number of hydrogen-bond acceptors (Lipinski definition) is 9. The Bertz CT molecular complexity index is 1580. The number of aliphatic hydroxyl groups is 3. The highest BCUT2D eigenvalue weighted by Gasteiger charge is 2.64. The Morgan fingerprint density at radius 1 is 1.07 bits per heavy atom. The van der Waals surface area contributed by atoms with Crippen LogP contribution in [0.4, 0.5) is 4.39 Å². The third kappa shape index (κ3) is 4.14. The molecule has 216 valence electrons. The van der Waals surface area contributed by atoms with Crippen LogP contribution >= 0.6 is 0 Å². The minimum Gasteiger partial charge on any atom is -0.508 e. The van der Waals surface area contributed by atoms with Crippen LogP contribution < -0.4 is 5.73 Å². The van der Waals surface area contributed by atoms with Crippen molar-refractivity contribution in [3.8, 4) is 16.9 Å². The van der Waals surface area contributed by atoms with Crippen molar-refractivity contribution in [2.75, 3.05) is 28.2 Å². The van der Waals surface area contributed by atoms with E-state index in [2.05, 4.69) is 0 Å². The van der Waals surface area contributed by atoms with Crippen LogP contribution in [-0.4, -0.2) is 87.5 Å². The number of nitrogens with zero attached hydrogens (tertiary/aromatic N) is 2. The second-order valence-corrected chi connectivity index (χ2v) is 11.5. The fraction of sp³-hybridized carbons (Fsp3) is 0.367. The third-order valence-electron chi connectivity index (χ3n) is 8.42. The molecule has 4 atom stereocenters. The monoisotopic (exact) mass is 565 g/mol. The van der Waals surface area contributed by atoms with Gasteiger partial charge in [-0.15, -0.1) is 0 Å². The van der Waals surface area contributed by atoms with Crippen LogP contribution in [0.3, 0.4) is 0 Å². The molecule has 10 nitrogen and oxygen atoms in total. The van der Waals surface area contributed by atoms with Gasteiger partial charge < -0.3 is 31.1 Å². The van der Waals surface area contributed by atoms with Gasteiger partial charge in [0.05, 0.1) is 11.6 Å². The van der Waals surface area contributed by atoms with Crippen molar-refractivity contribution in [2.45, 2.75) is 31.0 Å². The normalized spacial score (nSPS) is 25.9. The highest BCUT2D eigenvalue weighted by Crippen LogP contribution is 2.53. The van der Waals surface area contributed by atoms with Crippen molar-refractivity contribution in [2.24, 2.45) is 17.6 Å². The molecule has 0 aromatic heterocycles. The Kier molecular flexibility index (Phi) is 6.80. The number of carbonyl (C=O) groups is 3. The number of phenolic OH excluding ortho intramolecular Hbond substituents is 1. The molecule has 2 aromatic carbocycles. The van der Waals surface area contributed by atoms with Gasteiger partial charge in [-0.05, 0) is 81.8 Å². The zero-order chi connectivity index (χ0) is 30.1. The third-order valence-corrected chi connectivity index (χ3v) is 8.42. The molecule has 11 heteroatoms. The average Bonchev–Trinajstić information content (AvgIpc) is 2.87. The fourth-order valence-corrected chi connectivity index (χ4v) is 6.74. The quantitative estimate of drug-likeness (QED) is 0.340. The van der Waals surface area contributed by atoms with Crippen LogP contribution in [0.5, 0.6) is 5.75 Å². The Morgan fingerprint density at radius 2 is 1.76 bits per heavy atom. The van der Waals surface area contributed by atoms with Crippen LogP contribution in [0.15, 0.2) is 47.2 Å². The minimum absolute atomic E-state index is 0.0516. The molecular weight excluding hydrogens is 533 g/mol. The summed E-state index contributed by atoms with van der Waals surface area (Å²) >= 11 is 0. The first-order valence-electron chi connectivity index (χ1n) is 13.1. The smallest absolute Gasteiger partial charge is 0.255 e. The van der Waals surface area contributed by atoms with Crippen molar-refractivity contribution in [1.82, 2.24) is 9.80 Å². The zero-order valence-corrected chi connectivity index (χ0v) is 23.1. The van der Waals surface area contributed by atoms with E-state index in [-0.39, 0.29) is 35.3 Å². The number of nitrogens with two attached hydrogens (primary N) is 1. The number of fused-ring (bicyclic) bond motifs is 3. The number of halogens is 1. The van der Waals surface area contributed by atoms with E-state index in [4.69, 9.17) is 5.73 Å². The van der Waals surface area contributed by atoms with E-state index >= 15 is 4.39 Å². The second-order valence-electron chi connectivity index (χ2n) is 11.5. The summed E-state index contributed by atoms with van der Waals surface area (Å²) in [5, 5.41) is 44.9. The first-order chi connectivity index (χ1) is 19.2. The van der Waals surface area contributed by atoms with Gasteiger partial charge in [0.2, 0.25) is 5.78 Å². The highest BCUT2D eigenvalue weighted by atomic mass is 19.1. The van der Waals surface area contributed by atoms with Crippen LogP contribution in [-0.2, 0) is 27.3 Å². The maximum Gasteiger partial charge on any atom is 0.255 e. The molecule has 0 heterocycles. The van der Waals surface area contributed by atoms with E-state index in [1.165, 1.54) is 31.1 Å². The Hall–Kier alpha value is -4.06. The molecule has 0 bridgehead atoms. The lowest BCUT2D eigenvalue weighted by Gasteiger charge is -2.50. The molecule has 2 aromatic rings. The molecular formula is C30H32FN3O7. The second kappa shape index (κ2) is 9.79. The number of carbonyl (C=O) groups excluding carboxylic acids is 3. The highest BCUT2D eigenvalue weighted by molar-refractivity contribution is 6.24. The molecule has 6 N–H and O–H groups in total. The molecule has 0 aliphatic heterocycles. The van der Waals surface area contributed by atoms with E-state index in [9.17, 15) is 34.8 Å². The molecule has 0 unspecified atom stereocenters. The maximum absolute atomic E-state index is 15.2. The SMILES string of the molecule is CN(C)Cc1ccc(F)c(-c2ccc(O)c3c2C[C@H]2C[C@H]4[C@H](N(C)C)C(=O)C(C(N)=O)=C(O)[C@@]4(O)C(=O)C2=C3O)c1. The van der Waals surface area contributed by atoms with Gasteiger partial charge >= 0.3 is 0 Å². The van der Waals surface area contributed by atoms with Crippen molar-refractivity contribution >= 4 is 23.2 Å². The van der Waals surface area contributed by atoms with Crippen molar-refractivity contribution in [3.63, 3.8) is 0 Å². The number of primary amides is 1. The first-order valence-corrected chi connectivity index (χ1v) is 13.1. The average molecular weight is 566 g/mol. The largest absolute Gasteiger partial charge is 0.508 e. The fourth-order valence-electron chi connectivity index (χ4n) is 6.74. The van der Waals surface area contributed by atoms with E-state index in [0.717, 1.165) is 5.56 Å². The predicted octanol–water partition coefficient (Wildman–Crippen LogP) is 1.83. The number of likely N-dealkylation sites (N-methyl/N-ethyl adjacent to an activating group) is 1. The molecule has 1 saturated carbocycles. The topological polar surface area (TPSA) is 165 Å². The van der Waals surface area contributed by atoms with Gasteiger partial charge in [-0.1, -0.05) is 12.1 Å². The molecule has 0 spiro atoms. The van der Waals surface area contributed by atoms with E-state index < -0.39 is 63.9 Å². The van der Waals surface area contributed by atoms with Crippen molar-refractivity contribution in [3.05, 3.63) is 69.7 Å². The number of aromatic hydroxyl groups is 1. The standard InChI is InChI=1S/C30H32FN3O7/c1-33(2)12-13-5-7-19(31)16(9-13)15-6-8-20(35)22-17(15)10-14-11-18-24(34(3)4)26(37)23(29(32)40)28(39)30(18,41)27(38)21(14)25(22)36/h5-9,14,18,24,35-36,39,41H,10-12H2,1-4H3,(H2,32,40)/t14-,18-,24-,30-/m0/s1. The van der Waals surface area contributed by atoms with Crippen molar-refractivity contribution in [1.29, 1.82) is 0 Å². The summed E-state index contributed by atoms with van der Waals surface area (Å²) in [6.45, 7) is 0.546. The number of phenols is 1. The molecule has 1 amide bonds. The summed E-state index contributed by atoms with van der Waals surface area (Å²) < 4.78 is 15.2. The Balaban J connectivity index is 1.72.